The van der Waals surface area contributed by atoms with Crippen LogP contribution >= 0.6 is 0 Å². The minimum atomic E-state index is -0.712. The Morgan fingerprint density at radius 2 is 1.27 bits per heavy atom. The molecule has 1 saturated heterocycles. The van der Waals surface area contributed by atoms with Gasteiger partial charge in [0.05, 0.1) is 11.6 Å². The SMILES string of the molecule is CC(C)c1ccc(C2/C(=C(/O)c3ccccc3)C(=O)C(=O)N2c2ccc(C(C)C)cc2)cc1. The van der Waals surface area contributed by atoms with Crippen LogP contribution in [0.1, 0.15) is 67.8 Å². The number of carbonyl (C=O) groups excluding carboxylic acids is 2. The summed E-state index contributed by atoms with van der Waals surface area (Å²) in [6.07, 6.45) is 0. The van der Waals surface area contributed by atoms with Crippen molar-refractivity contribution in [1.82, 2.24) is 0 Å². The molecule has 0 radical (unpaired) electrons. The number of Topliss-reactive ketones (excluding diaryl/α,β-unsaturated/α-hetero) is 1. The maximum absolute atomic E-state index is 13.3. The van der Waals surface area contributed by atoms with E-state index in [1.54, 1.807) is 24.3 Å². The summed E-state index contributed by atoms with van der Waals surface area (Å²) >= 11 is 0. The molecular formula is C29H29NO3. The molecule has 0 aromatic heterocycles. The van der Waals surface area contributed by atoms with E-state index in [1.807, 2.05) is 54.6 Å². The number of amides is 1. The van der Waals surface area contributed by atoms with Crippen molar-refractivity contribution in [3.63, 3.8) is 0 Å². The summed E-state index contributed by atoms with van der Waals surface area (Å²) in [5.74, 6) is -0.761. The zero-order valence-corrected chi connectivity index (χ0v) is 19.4. The lowest BCUT2D eigenvalue weighted by atomic mass is 9.93. The molecule has 4 nitrogen and oxygen atoms in total. The maximum atomic E-state index is 13.3. The van der Waals surface area contributed by atoms with Gasteiger partial charge in [-0.15, -0.1) is 0 Å². The Hall–Kier alpha value is -3.66. The third-order valence-corrected chi connectivity index (χ3v) is 6.25. The highest BCUT2D eigenvalue weighted by Gasteiger charge is 2.46. The van der Waals surface area contributed by atoms with E-state index < -0.39 is 17.7 Å². The predicted molar refractivity (Wildman–Crippen MR) is 132 cm³/mol. The Morgan fingerprint density at radius 3 is 1.79 bits per heavy atom. The molecule has 3 aromatic rings. The second kappa shape index (κ2) is 9.07. The fraction of sp³-hybridized carbons (Fsp3) is 0.241. The smallest absolute Gasteiger partial charge is 0.300 e. The van der Waals surface area contributed by atoms with Crippen LogP contribution in [0.2, 0.25) is 0 Å². The normalized spacial score (nSPS) is 17.9. The summed E-state index contributed by atoms with van der Waals surface area (Å²) in [5.41, 5.74) is 4.35. The van der Waals surface area contributed by atoms with Gasteiger partial charge in [0.1, 0.15) is 5.76 Å². The van der Waals surface area contributed by atoms with Crippen LogP contribution in [0, 0.1) is 0 Å². The third kappa shape index (κ3) is 4.21. The third-order valence-electron chi connectivity index (χ3n) is 6.25. The van der Waals surface area contributed by atoms with Crippen LogP contribution in [-0.2, 0) is 9.59 Å². The van der Waals surface area contributed by atoms with E-state index >= 15 is 0 Å². The molecule has 1 heterocycles. The van der Waals surface area contributed by atoms with Crippen molar-refractivity contribution >= 4 is 23.1 Å². The van der Waals surface area contributed by atoms with Gasteiger partial charge in [-0.1, -0.05) is 94.4 Å². The average Bonchev–Trinajstić information content (AvgIpc) is 3.09. The molecule has 1 unspecified atom stereocenters. The van der Waals surface area contributed by atoms with Crippen molar-refractivity contribution in [2.24, 2.45) is 0 Å². The Balaban J connectivity index is 1.89. The quantitative estimate of drug-likeness (QED) is 0.278. The van der Waals surface area contributed by atoms with Gasteiger partial charge >= 0.3 is 0 Å². The lowest BCUT2D eigenvalue weighted by molar-refractivity contribution is -0.132. The molecule has 3 aromatic carbocycles. The van der Waals surface area contributed by atoms with E-state index in [4.69, 9.17) is 0 Å². The van der Waals surface area contributed by atoms with Crippen molar-refractivity contribution in [1.29, 1.82) is 0 Å². The number of hydrogen-bond acceptors (Lipinski definition) is 3. The Labute approximate surface area is 195 Å². The van der Waals surface area contributed by atoms with Gasteiger partial charge in [0.2, 0.25) is 0 Å². The standard InChI is InChI=1S/C29H29NO3/c1-18(2)20-10-12-22(13-11-20)26-25(27(31)23-8-6-5-7-9-23)28(32)29(33)30(26)24-16-14-21(15-17-24)19(3)4/h5-19,26,31H,1-4H3/b27-25-. The summed E-state index contributed by atoms with van der Waals surface area (Å²) in [6.45, 7) is 8.45. The molecule has 1 aliphatic heterocycles. The van der Waals surface area contributed by atoms with Crippen LogP contribution < -0.4 is 4.90 Å². The average molecular weight is 440 g/mol. The highest BCUT2D eigenvalue weighted by atomic mass is 16.3. The van der Waals surface area contributed by atoms with Crippen LogP contribution in [0.3, 0.4) is 0 Å². The largest absolute Gasteiger partial charge is 0.507 e. The Kier molecular flexibility index (Phi) is 6.19. The monoisotopic (exact) mass is 439 g/mol. The van der Waals surface area contributed by atoms with Crippen LogP contribution in [0.4, 0.5) is 5.69 Å². The number of aliphatic hydroxyl groups is 1. The highest BCUT2D eigenvalue weighted by Crippen LogP contribution is 2.42. The molecule has 1 atom stereocenters. The maximum Gasteiger partial charge on any atom is 0.300 e. The first kappa shape index (κ1) is 22.5. The van der Waals surface area contributed by atoms with Crippen molar-refractivity contribution in [3.05, 3.63) is 107 Å². The minimum absolute atomic E-state index is 0.108. The number of nitrogens with zero attached hydrogens (tertiary/aromatic N) is 1. The fourth-order valence-corrected chi connectivity index (χ4v) is 4.25. The van der Waals surface area contributed by atoms with Gasteiger partial charge < -0.3 is 5.11 Å². The fourth-order valence-electron chi connectivity index (χ4n) is 4.25. The molecule has 1 amide bonds. The zero-order valence-electron chi connectivity index (χ0n) is 19.4. The molecule has 168 valence electrons. The van der Waals surface area contributed by atoms with Gasteiger partial charge in [-0.25, -0.2) is 0 Å². The van der Waals surface area contributed by atoms with Gasteiger partial charge in [0.15, 0.2) is 0 Å². The van der Waals surface area contributed by atoms with Crippen LogP contribution in [0.5, 0.6) is 0 Å². The van der Waals surface area contributed by atoms with Gasteiger partial charge in [0.25, 0.3) is 11.7 Å². The number of hydrogen-bond donors (Lipinski definition) is 1. The van der Waals surface area contributed by atoms with Crippen molar-refractivity contribution in [2.75, 3.05) is 4.90 Å². The molecule has 0 spiro atoms. The summed E-state index contributed by atoms with van der Waals surface area (Å²) < 4.78 is 0. The van der Waals surface area contributed by atoms with E-state index in [1.165, 1.54) is 10.5 Å². The summed E-state index contributed by atoms with van der Waals surface area (Å²) in [5, 5.41) is 11.1. The molecule has 1 N–H and O–H groups in total. The Bertz CT molecular complexity index is 1190. The van der Waals surface area contributed by atoms with Crippen LogP contribution in [0.25, 0.3) is 5.76 Å². The number of ketones is 1. The van der Waals surface area contributed by atoms with Crippen molar-refractivity contribution in [3.8, 4) is 0 Å². The second-order valence-corrected chi connectivity index (χ2v) is 9.10. The minimum Gasteiger partial charge on any atom is -0.507 e. The molecule has 0 saturated carbocycles. The zero-order chi connectivity index (χ0) is 23.7. The lowest BCUT2D eigenvalue weighted by Gasteiger charge is -2.26. The first-order valence-corrected chi connectivity index (χ1v) is 11.4. The molecule has 1 aliphatic rings. The van der Waals surface area contributed by atoms with E-state index in [2.05, 4.69) is 27.7 Å². The van der Waals surface area contributed by atoms with Crippen LogP contribution in [-0.4, -0.2) is 16.8 Å². The van der Waals surface area contributed by atoms with Crippen molar-refractivity contribution in [2.45, 2.75) is 45.6 Å². The summed E-state index contributed by atoms with van der Waals surface area (Å²) in [7, 11) is 0. The number of aliphatic hydroxyl groups excluding tert-OH is 1. The van der Waals surface area contributed by atoms with Crippen LogP contribution in [0.15, 0.2) is 84.4 Å². The lowest BCUT2D eigenvalue weighted by Crippen LogP contribution is -2.29. The molecule has 0 aliphatic carbocycles. The summed E-state index contributed by atoms with van der Waals surface area (Å²) in [6, 6.07) is 23.8. The first-order valence-electron chi connectivity index (χ1n) is 11.4. The molecule has 4 rings (SSSR count). The van der Waals surface area contributed by atoms with Gasteiger partial charge in [-0.3, -0.25) is 14.5 Å². The van der Waals surface area contributed by atoms with Crippen molar-refractivity contribution < 1.29 is 14.7 Å². The molecule has 33 heavy (non-hydrogen) atoms. The number of benzene rings is 3. The van der Waals surface area contributed by atoms with E-state index in [0.29, 0.717) is 23.1 Å². The number of anilines is 1. The molecule has 0 bridgehead atoms. The topological polar surface area (TPSA) is 57.6 Å². The van der Waals surface area contributed by atoms with Gasteiger partial charge in [-0.2, -0.15) is 0 Å². The number of rotatable bonds is 5. The second-order valence-electron chi connectivity index (χ2n) is 9.10. The van der Waals surface area contributed by atoms with Gasteiger partial charge in [0, 0.05) is 11.3 Å². The molecule has 4 heteroatoms. The molecular weight excluding hydrogens is 410 g/mol. The van der Waals surface area contributed by atoms with E-state index in [-0.39, 0.29) is 11.3 Å². The number of carbonyl (C=O) groups is 2. The van der Waals surface area contributed by atoms with E-state index in [0.717, 1.165) is 11.1 Å². The Morgan fingerprint density at radius 1 is 0.758 bits per heavy atom. The molecule has 1 fully saturated rings. The predicted octanol–water partition coefficient (Wildman–Crippen LogP) is 6.56. The van der Waals surface area contributed by atoms with Gasteiger partial charge in [-0.05, 0) is 40.7 Å². The first-order chi connectivity index (χ1) is 15.8. The highest BCUT2D eigenvalue weighted by molar-refractivity contribution is 6.51. The summed E-state index contributed by atoms with van der Waals surface area (Å²) in [4.78, 5) is 28.0. The van der Waals surface area contributed by atoms with E-state index in [9.17, 15) is 14.7 Å².